The Morgan fingerprint density at radius 3 is 1.41 bits per heavy atom. The summed E-state index contributed by atoms with van der Waals surface area (Å²) in [6.45, 7) is 8.52. The Bertz CT molecular complexity index is 2170. The van der Waals surface area contributed by atoms with Crippen molar-refractivity contribution < 1.29 is 4.57 Å². The third-order valence-corrected chi connectivity index (χ3v) is 11.6. The zero-order valence-electron chi connectivity index (χ0n) is 24.4. The van der Waals surface area contributed by atoms with Crippen molar-refractivity contribution in [3.8, 4) is 22.3 Å². The van der Waals surface area contributed by atoms with E-state index in [0.29, 0.717) is 0 Å². The molecule has 7 rings (SSSR count). The van der Waals surface area contributed by atoms with Crippen molar-refractivity contribution in [2.24, 2.45) is 0 Å². The van der Waals surface area contributed by atoms with Crippen molar-refractivity contribution in [1.82, 2.24) is 0 Å². The fourth-order valence-electron chi connectivity index (χ4n) is 6.43. The first-order valence-electron chi connectivity index (χ1n) is 14.8. The van der Waals surface area contributed by atoms with Gasteiger partial charge < -0.3 is 4.57 Å². The van der Waals surface area contributed by atoms with Gasteiger partial charge in [0, 0.05) is 15.9 Å². The molecule has 0 unspecified atom stereocenters. The highest BCUT2D eigenvalue weighted by molar-refractivity contribution is 7.85. The fraction of sp³-hybridized carbons (Fsp3) is 0. The summed E-state index contributed by atoms with van der Waals surface area (Å²) in [5.74, 6) is 0. The van der Waals surface area contributed by atoms with Crippen molar-refractivity contribution in [2.75, 3.05) is 0 Å². The summed E-state index contributed by atoms with van der Waals surface area (Å²) in [6, 6.07) is 51.5. The lowest BCUT2D eigenvalue weighted by Crippen LogP contribution is -2.24. The molecule has 0 aliphatic rings. The van der Waals surface area contributed by atoms with Gasteiger partial charge >= 0.3 is 0 Å². The van der Waals surface area contributed by atoms with Crippen LogP contribution in [0.2, 0.25) is 0 Å². The summed E-state index contributed by atoms with van der Waals surface area (Å²) in [5.41, 5.74) is 6.51. The van der Waals surface area contributed by atoms with Crippen LogP contribution in [0.1, 0.15) is 11.1 Å². The van der Waals surface area contributed by atoms with E-state index in [2.05, 4.69) is 92.0 Å². The standard InChI is InChI=1S/C42H31OP/c1-3-37-38(4-2)42(33-24-23-30-15-11-12-16-32(30)29-33)40-22-14-13-21-39(40)41(37)31-25-27-36(28-26-31)44(43,34-17-7-5-8-18-34)35-19-9-6-10-20-35/h3-29H,1-2H2. The van der Waals surface area contributed by atoms with Crippen LogP contribution in [0, 0.1) is 0 Å². The lowest BCUT2D eigenvalue weighted by atomic mass is 9.83. The predicted octanol–water partition coefficient (Wildman–Crippen LogP) is 10.3. The van der Waals surface area contributed by atoms with E-state index in [0.717, 1.165) is 60.1 Å². The minimum Gasteiger partial charge on any atom is -0.309 e. The lowest BCUT2D eigenvalue weighted by molar-refractivity contribution is 0.592. The van der Waals surface area contributed by atoms with Gasteiger partial charge in [-0.25, -0.2) is 0 Å². The van der Waals surface area contributed by atoms with Crippen molar-refractivity contribution in [2.45, 2.75) is 0 Å². The average Bonchev–Trinajstić information content (AvgIpc) is 3.10. The van der Waals surface area contributed by atoms with Gasteiger partial charge in [0.05, 0.1) is 0 Å². The minimum absolute atomic E-state index is 0.805. The second-order valence-electron chi connectivity index (χ2n) is 10.9. The molecule has 0 aliphatic heterocycles. The van der Waals surface area contributed by atoms with Gasteiger partial charge in [-0.05, 0) is 61.0 Å². The number of rotatable bonds is 7. The first-order valence-corrected chi connectivity index (χ1v) is 16.5. The summed E-state index contributed by atoms with van der Waals surface area (Å²) >= 11 is 0. The van der Waals surface area contributed by atoms with Crippen molar-refractivity contribution in [3.05, 3.63) is 176 Å². The first-order chi connectivity index (χ1) is 21.6. The van der Waals surface area contributed by atoms with E-state index in [1.807, 2.05) is 84.9 Å². The van der Waals surface area contributed by atoms with Crippen molar-refractivity contribution >= 4 is 56.8 Å². The highest BCUT2D eigenvalue weighted by Gasteiger charge is 2.29. The molecule has 0 spiro atoms. The minimum atomic E-state index is -3.07. The van der Waals surface area contributed by atoms with Crippen LogP contribution in [-0.4, -0.2) is 0 Å². The summed E-state index contributed by atoms with van der Waals surface area (Å²) in [7, 11) is -3.07. The number of fused-ring (bicyclic) bond motifs is 2. The maximum Gasteiger partial charge on any atom is 0.171 e. The van der Waals surface area contributed by atoms with Crippen LogP contribution in [0.4, 0.5) is 0 Å². The van der Waals surface area contributed by atoms with E-state index < -0.39 is 7.14 Å². The molecule has 0 saturated heterocycles. The normalized spacial score (nSPS) is 11.5. The van der Waals surface area contributed by atoms with Gasteiger partial charge in [-0.2, -0.15) is 0 Å². The molecule has 1 nitrogen and oxygen atoms in total. The molecule has 0 saturated carbocycles. The molecule has 210 valence electrons. The van der Waals surface area contributed by atoms with Gasteiger partial charge in [-0.15, -0.1) is 0 Å². The fourth-order valence-corrected chi connectivity index (χ4v) is 9.08. The average molecular weight is 583 g/mol. The molecule has 0 atom stereocenters. The predicted molar refractivity (Wildman–Crippen MR) is 192 cm³/mol. The molecular formula is C42H31OP. The molecule has 7 aromatic rings. The zero-order valence-corrected chi connectivity index (χ0v) is 25.3. The smallest absolute Gasteiger partial charge is 0.171 e. The molecule has 0 aromatic heterocycles. The molecule has 7 aromatic carbocycles. The highest BCUT2D eigenvalue weighted by atomic mass is 31.2. The molecule has 2 heteroatoms. The molecule has 44 heavy (non-hydrogen) atoms. The molecule has 0 heterocycles. The van der Waals surface area contributed by atoms with Crippen LogP contribution in [-0.2, 0) is 4.57 Å². The number of hydrogen-bond acceptors (Lipinski definition) is 1. The molecule has 0 fully saturated rings. The number of hydrogen-bond donors (Lipinski definition) is 0. The Labute approximate surface area is 258 Å². The van der Waals surface area contributed by atoms with Crippen molar-refractivity contribution in [1.29, 1.82) is 0 Å². The molecule has 0 amide bonds. The van der Waals surface area contributed by atoms with Crippen LogP contribution in [0.3, 0.4) is 0 Å². The molecule has 0 N–H and O–H groups in total. The van der Waals surface area contributed by atoms with Crippen LogP contribution in [0.25, 0.3) is 56.0 Å². The molecule has 0 aliphatic carbocycles. The molecular weight excluding hydrogens is 551 g/mol. The van der Waals surface area contributed by atoms with E-state index in [1.165, 1.54) is 10.8 Å². The molecule has 0 radical (unpaired) electrons. The SMILES string of the molecule is C=Cc1c(C=C)c(-c2ccc3ccccc3c2)c2ccccc2c1-c1ccc(P(=O)(c2ccccc2)c2ccccc2)cc1. The third-order valence-electron chi connectivity index (χ3n) is 8.50. The number of benzene rings is 7. The van der Waals surface area contributed by atoms with Gasteiger partial charge in [-0.1, -0.05) is 171 Å². The lowest BCUT2D eigenvalue weighted by Gasteiger charge is -2.22. The van der Waals surface area contributed by atoms with E-state index in [1.54, 1.807) is 0 Å². The monoisotopic (exact) mass is 582 g/mol. The van der Waals surface area contributed by atoms with E-state index >= 15 is 0 Å². The largest absolute Gasteiger partial charge is 0.309 e. The maximum atomic E-state index is 15.0. The summed E-state index contributed by atoms with van der Waals surface area (Å²) in [6.07, 6.45) is 3.89. The van der Waals surface area contributed by atoms with E-state index in [9.17, 15) is 4.57 Å². The Balaban J connectivity index is 1.44. The Morgan fingerprint density at radius 1 is 0.432 bits per heavy atom. The molecule has 0 bridgehead atoms. The van der Waals surface area contributed by atoms with Gasteiger partial charge in [0.25, 0.3) is 0 Å². The summed E-state index contributed by atoms with van der Waals surface area (Å²) < 4.78 is 15.0. The van der Waals surface area contributed by atoms with Gasteiger partial charge in [0.15, 0.2) is 7.14 Å². The van der Waals surface area contributed by atoms with E-state index in [-0.39, 0.29) is 0 Å². The quantitative estimate of drug-likeness (QED) is 0.171. The topological polar surface area (TPSA) is 17.1 Å². The maximum absolute atomic E-state index is 15.0. The summed E-state index contributed by atoms with van der Waals surface area (Å²) in [4.78, 5) is 0. The summed E-state index contributed by atoms with van der Waals surface area (Å²) in [5, 5.41) is 7.16. The Morgan fingerprint density at radius 2 is 0.864 bits per heavy atom. The zero-order chi connectivity index (χ0) is 30.1. The Kier molecular flexibility index (Phi) is 7.18. The van der Waals surface area contributed by atoms with Crippen LogP contribution in [0.5, 0.6) is 0 Å². The van der Waals surface area contributed by atoms with Gasteiger partial charge in [-0.3, -0.25) is 0 Å². The highest BCUT2D eigenvalue weighted by Crippen LogP contribution is 2.45. The first kappa shape index (κ1) is 27.6. The third kappa shape index (κ3) is 4.54. The second kappa shape index (κ2) is 11.5. The van der Waals surface area contributed by atoms with Crippen LogP contribution >= 0.6 is 7.14 Å². The van der Waals surface area contributed by atoms with E-state index in [4.69, 9.17) is 0 Å². The Hall–Kier alpha value is -5.23. The van der Waals surface area contributed by atoms with Crippen LogP contribution < -0.4 is 15.9 Å². The van der Waals surface area contributed by atoms with Gasteiger partial charge in [0.1, 0.15) is 0 Å². The van der Waals surface area contributed by atoms with Crippen LogP contribution in [0.15, 0.2) is 165 Å². The van der Waals surface area contributed by atoms with Crippen molar-refractivity contribution in [3.63, 3.8) is 0 Å². The second-order valence-corrected chi connectivity index (χ2v) is 13.7. The van der Waals surface area contributed by atoms with Gasteiger partial charge in [0.2, 0.25) is 0 Å².